The van der Waals surface area contributed by atoms with E-state index in [-0.39, 0.29) is 5.75 Å². The number of thioether (sulfide) groups is 1. The lowest BCUT2D eigenvalue weighted by molar-refractivity contribution is -0.150. The maximum Gasteiger partial charge on any atom is 0.501 e. The Morgan fingerprint density at radius 1 is 1.19 bits per heavy atom. The molecule has 0 radical (unpaired) electrons. The molecule has 6 nitrogen and oxygen atoms in total. The maximum absolute atomic E-state index is 12.5. The van der Waals surface area contributed by atoms with Crippen molar-refractivity contribution < 1.29 is 35.9 Å². The lowest BCUT2D eigenvalue weighted by Gasteiger charge is -2.27. The van der Waals surface area contributed by atoms with Crippen LogP contribution in [0.4, 0.5) is 13.2 Å². The monoisotopic (exact) mass is 427 g/mol. The summed E-state index contributed by atoms with van der Waals surface area (Å²) >= 11 is 0.993. The molecule has 27 heavy (non-hydrogen) atoms. The zero-order valence-electron chi connectivity index (χ0n) is 14.9. The van der Waals surface area contributed by atoms with Gasteiger partial charge in [0, 0.05) is 4.90 Å². The van der Waals surface area contributed by atoms with E-state index < -0.39 is 37.7 Å². The first-order valence-electron chi connectivity index (χ1n) is 7.81. The standard InChI is InChI=1S/C16H20F3NO5S2/c1-4-9-15(2,14(22)25-3)20-13(21)10-26-11-5-7-12(8-6-11)27(23,24)16(17,18)19/h5-8H,4,9-10H2,1-3H3,(H,20,21). The van der Waals surface area contributed by atoms with Crippen molar-refractivity contribution in [3.63, 3.8) is 0 Å². The van der Waals surface area contributed by atoms with Crippen LogP contribution in [-0.4, -0.2) is 44.2 Å². The lowest BCUT2D eigenvalue weighted by atomic mass is 9.96. The van der Waals surface area contributed by atoms with Crippen LogP contribution >= 0.6 is 11.8 Å². The third-order valence-electron chi connectivity index (χ3n) is 3.61. The van der Waals surface area contributed by atoms with E-state index in [2.05, 4.69) is 5.32 Å². The van der Waals surface area contributed by atoms with Gasteiger partial charge in [0.2, 0.25) is 5.91 Å². The minimum atomic E-state index is -5.41. The highest BCUT2D eigenvalue weighted by atomic mass is 32.2. The molecule has 1 amide bonds. The quantitative estimate of drug-likeness (QED) is 0.507. The van der Waals surface area contributed by atoms with Crippen molar-refractivity contribution in [1.29, 1.82) is 0 Å². The van der Waals surface area contributed by atoms with Crippen LogP contribution in [0.1, 0.15) is 26.7 Å². The molecule has 0 aliphatic carbocycles. The van der Waals surface area contributed by atoms with Crippen LogP contribution in [0.3, 0.4) is 0 Å². The third kappa shape index (κ3) is 5.86. The SMILES string of the molecule is CCCC(C)(NC(=O)CSc1ccc(S(=O)(=O)C(F)(F)F)cc1)C(=O)OC. The first-order chi connectivity index (χ1) is 12.4. The number of carbonyl (C=O) groups is 2. The number of nitrogens with one attached hydrogen (secondary N) is 1. The van der Waals surface area contributed by atoms with E-state index in [0.29, 0.717) is 17.7 Å². The van der Waals surface area contributed by atoms with Crippen molar-refractivity contribution in [2.75, 3.05) is 12.9 Å². The smallest absolute Gasteiger partial charge is 0.467 e. The third-order valence-corrected chi connectivity index (χ3v) is 6.12. The Morgan fingerprint density at radius 2 is 1.74 bits per heavy atom. The molecule has 0 aliphatic rings. The second-order valence-electron chi connectivity index (χ2n) is 5.83. The molecule has 0 bridgehead atoms. The van der Waals surface area contributed by atoms with Crippen LogP contribution in [0, 0.1) is 0 Å². The van der Waals surface area contributed by atoms with Crippen molar-refractivity contribution in [2.45, 2.75) is 47.5 Å². The van der Waals surface area contributed by atoms with Gasteiger partial charge in [-0.15, -0.1) is 11.8 Å². The van der Waals surface area contributed by atoms with Gasteiger partial charge < -0.3 is 10.1 Å². The lowest BCUT2D eigenvalue weighted by Crippen LogP contribution is -2.53. The van der Waals surface area contributed by atoms with E-state index >= 15 is 0 Å². The number of alkyl halides is 3. The van der Waals surface area contributed by atoms with Gasteiger partial charge in [-0.1, -0.05) is 13.3 Å². The zero-order chi connectivity index (χ0) is 20.9. The van der Waals surface area contributed by atoms with E-state index in [9.17, 15) is 31.2 Å². The molecule has 1 atom stereocenters. The summed E-state index contributed by atoms with van der Waals surface area (Å²) in [6, 6.07) is 4.03. The Morgan fingerprint density at radius 3 is 2.19 bits per heavy atom. The summed E-state index contributed by atoms with van der Waals surface area (Å²) in [5.41, 5.74) is -6.55. The van der Waals surface area contributed by atoms with E-state index in [0.717, 1.165) is 23.9 Å². The second-order valence-corrected chi connectivity index (χ2v) is 8.82. The molecular weight excluding hydrogens is 407 g/mol. The Hall–Kier alpha value is -1.75. The largest absolute Gasteiger partial charge is 0.501 e. The molecule has 1 N–H and O–H groups in total. The number of benzene rings is 1. The number of methoxy groups -OCH3 is 1. The van der Waals surface area contributed by atoms with Crippen LogP contribution in [-0.2, 0) is 24.2 Å². The van der Waals surface area contributed by atoms with Crippen LogP contribution in [0.15, 0.2) is 34.1 Å². The molecule has 0 saturated carbocycles. The van der Waals surface area contributed by atoms with Gasteiger partial charge in [0.1, 0.15) is 5.54 Å². The fourth-order valence-corrected chi connectivity index (χ4v) is 3.74. The molecule has 0 heterocycles. The normalized spacial score (nSPS) is 14.3. The van der Waals surface area contributed by atoms with E-state index in [1.54, 1.807) is 6.92 Å². The first kappa shape index (κ1) is 23.3. The minimum Gasteiger partial charge on any atom is -0.467 e. The van der Waals surface area contributed by atoms with Gasteiger partial charge in [0.25, 0.3) is 9.84 Å². The Balaban J connectivity index is 2.76. The van der Waals surface area contributed by atoms with Gasteiger partial charge in [0.05, 0.1) is 17.8 Å². The molecule has 0 aliphatic heterocycles. The predicted octanol–water partition coefficient (Wildman–Crippen LogP) is 2.92. The average molecular weight is 427 g/mol. The van der Waals surface area contributed by atoms with Gasteiger partial charge in [0.15, 0.2) is 0 Å². The number of amides is 1. The van der Waals surface area contributed by atoms with Gasteiger partial charge in [-0.25, -0.2) is 13.2 Å². The molecule has 11 heteroatoms. The molecule has 1 rings (SSSR count). The second kappa shape index (κ2) is 8.96. The molecule has 0 fully saturated rings. The van der Waals surface area contributed by atoms with Crippen molar-refractivity contribution in [1.82, 2.24) is 5.32 Å². The highest BCUT2D eigenvalue weighted by Crippen LogP contribution is 2.31. The van der Waals surface area contributed by atoms with Gasteiger partial charge in [-0.05, 0) is 37.6 Å². The Bertz CT molecular complexity index is 778. The predicted molar refractivity (Wildman–Crippen MR) is 93.9 cm³/mol. The molecule has 152 valence electrons. The first-order valence-corrected chi connectivity index (χ1v) is 10.3. The number of hydrogen-bond donors (Lipinski definition) is 1. The summed E-state index contributed by atoms with van der Waals surface area (Å²) < 4.78 is 64.8. The van der Waals surface area contributed by atoms with Crippen LogP contribution < -0.4 is 5.32 Å². The Labute approximate surface area is 159 Å². The van der Waals surface area contributed by atoms with Crippen LogP contribution in [0.25, 0.3) is 0 Å². The zero-order valence-corrected chi connectivity index (χ0v) is 16.6. The molecule has 1 aromatic rings. The van der Waals surface area contributed by atoms with Crippen LogP contribution in [0.5, 0.6) is 0 Å². The number of esters is 1. The van der Waals surface area contributed by atoms with Crippen molar-refractivity contribution in [2.24, 2.45) is 0 Å². The summed E-state index contributed by atoms with van der Waals surface area (Å²) in [5, 5.41) is 2.59. The summed E-state index contributed by atoms with van der Waals surface area (Å²) in [4.78, 5) is 23.5. The number of ether oxygens (including phenoxy) is 1. The summed E-state index contributed by atoms with van der Waals surface area (Å²) in [6.45, 7) is 3.39. The molecule has 1 aromatic carbocycles. The maximum atomic E-state index is 12.5. The van der Waals surface area contributed by atoms with Crippen molar-refractivity contribution in [3.8, 4) is 0 Å². The number of carbonyl (C=O) groups excluding carboxylic acids is 2. The fourth-order valence-electron chi connectivity index (χ4n) is 2.28. The average Bonchev–Trinajstić information content (AvgIpc) is 2.58. The summed E-state index contributed by atoms with van der Waals surface area (Å²) in [6.07, 6.45) is 1.01. The summed E-state index contributed by atoms with van der Waals surface area (Å²) in [7, 11) is -4.19. The van der Waals surface area contributed by atoms with Crippen LogP contribution in [0.2, 0.25) is 0 Å². The topological polar surface area (TPSA) is 89.5 Å². The number of sulfone groups is 1. The number of halogens is 3. The van der Waals surface area contributed by atoms with Gasteiger partial charge >= 0.3 is 11.5 Å². The highest BCUT2D eigenvalue weighted by molar-refractivity contribution is 8.00. The minimum absolute atomic E-state index is 0.109. The van der Waals surface area contributed by atoms with Gasteiger partial charge in [-0.2, -0.15) is 13.2 Å². The fraction of sp³-hybridized carbons (Fsp3) is 0.500. The molecular formula is C16H20F3NO5S2. The van der Waals surface area contributed by atoms with E-state index in [1.807, 2.05) is 6.92 Å². The molecule has 0 spiro atoms. The number of rotatable bonds is 8. The summed E-state index contributed by atoms with van der Waals surface area (Å²) in [5.74, 6) is -1.15. The highest BCUT2D eigenvalue weighted by Gasteiger charge is 2.46. The van der Waals surface area contributed by atoms with E-state index in [1.165, 1.54) is 19.2 Å². The number of hydrogen-bond acceptors (Lipinski definition) is 6. The molecule has 0 aromatic heterocycles. The van der Waals surface area contributed by atoms with Gasteiger partial charge in [-0.3, -0.25) is 4.79 Å². The Kier molecular flexibility index (Phi) is 7.73. The van der Waals surface area contributed by atoms with E-state index in [4.69, 9.17) is 4.74 Å². The van der Waals surface area contributed by atoms with Crippen molar-refractivity contribution in [3.05, 3.63) is 24.3 Å². The molecule has 1 unspecified atom stereocenters. The van der Waals surface area contributed by atoms with Crippen molar-refractivity contribution >= 4 is 33.5 Å². The molecule has 0 saturated heterocycles.